The second-order valence-corrected chi connectivity index (χ2v) is 6.53. The maximum Gasteiger partial charge on any atom is 0.238 e. The summed E-state index contributed by atoms with van der Waals surface area (Å²) in [5.74, 6) is 0.226. The zero-order valence-electron chi connectivity index (χ0n) is 13.1. The third-order valence-corrected chi connectivity index (χ3v) is 4.38. The topological polar surface area (TPSA) is 52.6 Å². The molecule has 0 aliphatic carbocycles. The van der Waals surface area contributed by atoms with Crippen molar-refractivity contribution in [2.24, 2.45) is 0 Å². The van der Waals surface area contributed by atoms with Crippen LogP contribution in [-0.4, -0.2) is 29.0 Å². The van der Waals surface area contributed by atoms with Crippen LogP contribution < -0.4 is 5.32 Å². The number of anilines is 1. The van der Waals surface area contributed by atoms with Crippen molar-refractivity contribution in [3.8, 4) is 5.75 Å². The third-order valence-electron chi connectivity index (χ3n) is 3.44. The van der Waals surface area contributed by atoms with Crippen LogP contribution in [0.3, 0.4) is 0 Å². The van der Waals surface area contributed by atoms with Crippen LogP contribution in [0.15, 0.2) is 48.5 Å². The smallest absolute Gasteiger partial charge is 0.238 e. The summed E-state index contributed by atoms with van der Waals surface area (Å²) >= 11 is 2.21. The molecule has 2 rings (SSSR count). The molecule has 122 valence electrons. The van der Waals surface area contributed by atoms with Gasteiger partial charge in [-0.1, -0.05) is 37.3 Å². The molecule has 0 heterocycles. The van der Waals surface area contributed by atoms with Crippen LogP contribution in [-0.2, 0) is 11.3 Å². The van der Waals surface area contributed by atoms with Gasteiger partial charge in [0.05, 0.1) is 12.2 Å². The van der Waals surface area contributed by atoms with Crippen molar-refractivity contribution in [1.29, 1.82) is 0 Å². The Bertz CT molecular complexity index is 661. The largest absolute Gasteiger partial charge is 0.508 e. The number of aromatic hydroxyl groups is 1. The molecule has 2 aromatic rings. The number of para-hydroxylation sites is 2. The van der Waals surface area contributed by atoms with Crippen LogP contribution in [0, 0.1) is 3.57 Å². The Labute approximate surface area is 150 Å². The van der Waals surface area contributed by atoms with Crippen molar-refractivity contribution in [1.82, 2.24) is 4.90 Å². The van der Waals surface area contributed by atoms with Gasteiger partial charge >= 0.3 is 0 Å². The van der Waals surface area contributed by atoms with E-state index in [1.54, 1.807) is 12.1 Å². The van der Waals surface area contributed by atoms with E-state index in [1.807, 2.05) is 41.3 Å². The number of phenolic OH excluding ortho intramolecular Hbond substituents is 1. The van der Waals surface area contributed by atoms with Crippen LogP contribution in [0.2, 0.25) is 0 Å². The van der Waals surface area contributed by atoms with Crippen molar-refractivity contribution < 1.29 is 9.90 Å². The highest BCUT2D eigenvalue weighted by molar-refractivity contribution is 14.1. The molecule has 0 unspecified atom stereocenters. The number of halogens is 1. The Kier molecular flexibility index (Phi) is 6.85. The summed E-state index contributed by atoms with van der Waals surface area (Å²) in [5, 5.41) is 12.9. The Balaban J connectivity index is 2.00. The van der Waals surface area contributed by atoms with Crippen molar-refractivity contribution in [3.63, 3.8) is 0 Å². The maximum absolute atomic E-state index is 12.3. The molecule has 0 atom stereocenters. The summed E-state index contributed by atoms with van der Waals surface area (Å²) in [7, 11) is 0. The van der Waals surface area contributed by atoms with Crippen molar-refractivity contribution in [2.45, 2.75) is 19.9 Å². The first-order chi connectivity index (χ1) is 11.1. The maximum atomic E-state index is 12.3. The van der Waals surface area contributed by atoms with Gasteiger partial charge in [-0.05, 0) is 53.8 Å². The van der Waals surface area contributed by atoms with E-state index in [0.29, 0.717) is 13.1 Å². The number of hydrogen-bond acceptors (Lipinski definition) is 3. The molecule has 1 amide bonds. The molecule has 0 aliphatic heterocycles. The summed E-state index contributed by atoms with van der Waals surface area (Å²) in [5.41, 5.74) is 1.67. The van der Waals surface area contributed by atoms with Gasteiger partial charge in [0.2, 0.25) is 5.91 Å². The number of rotatable bonds is 7. The lowest BCUT2D eigenvalue weighted by molar-refractivity contribution is -0.117. The van der Waals surface area contributed by atoms with Gasteiger partial charge in [-0.2, -0.15) is 0 Å². The number of amides is 1. The lowest BCUT2D eigenvalue weighted by Gasteiger charge is -2.21. The van der Waals surface area contributed by atoms with Crippen molar-refractivity contribution in [3.05, 3.63) is 57.7 Å². The first-order valence-corrected chi connectivity index (χ1v) is 8.71. The summed E-state index contributed by atoms with van der Waals surface area (Å²) < 4.78 is 1.01. The Hall–Kier alpha value is -1.60. The lowest BCUT2D eigenvalue weighted by Crippen LogP contribution is -2.33. The molecule has 0 aromatic heterocycles. The predicted molar refractivity (Wildman–Crippen MR) is 101 cm³/mol. The normalized spacial score (nSPS) is 10.7. The first-order valence-electron chi connectivity index (χ1n) is 7.63. The molecule has 0 saturated carbocycles. The van der Waals surface area contributed by atoms with Crippen molar-refractivity contribution >= 4 is 34.2 Å². The molecule has 0 fully saturated rings. The molecule has 4 nitrogen and oxygen atoms in total. The second-order valence-electron chi connectivity index (χ2n) is 5.37. The van der Waals surface area contributed by atoms with Crippen molar-refractivity contribution in [2.75, 3.05) is 18.4 Å². The summed E-state index contributed by atoms with van der Waals surface area (Å²) in [6.45, 7) is 3.73. The monoisotopic (exact) mass is 424 g/mol. The minimum absolute atomic E-state index is 0.0435. The quantitative estimate of drug-likeness (QED) is 0.665. The number of phenols is 1. The van der Waals surface area contributed by atoms with Gasteiger partial charge in [0.15, 0.2) is 0 Å². The fourth-order valence-electron chi connectivity index (χ4n) is 2.37. The standard InChI is InChI=1S/C18H21IN2O2/c1-2-11-21(12-14-7-3-6-10-17(14)22)13-18(23)20-16-9-5-4-8-15(16)19/h3-10,22H,2,11-13H2,1H3,(H,20,23). The van der Waals surface area contributed by atoms with E-state index in [2.05, 4.69) is 34.8 Å². The molecular formula is C18H21IN2O2. The minimum Gasteiger partial charge on any atom is -0.508 e. The molecule has 0 spiro atoms. The predicted octanol–water partition coefficient (Wildman–Crippen LogP) is 3.85. The SMILES string of the molecule is CCCN(CC(=O)Nc1ccccc1I)Cc1ccccc1O. The third kappa shape index (κ3) is 5.51. The lowest BCUT2D eigenvalue weighted by atomic mass is 10.2. The molecule has 0 saturated heterocycles. The minimum atomic E-state index is -0.0435. The highest BCUT2D eigenvalue weighted by Gasteiger charge is 2.13. The Morgan fingerprint density at radius 2 is 1.87 bits per heavy atom. The van der Waals surface area contributed by atoms with Gasteiger partial charge in [0.1, 0.15) is 5.75 Å². The molecule has 5 heteroatoms. The molecule has 0 radical (unpaired) electrons. The second kappa shape index (κ2) is 8.88. The van der Waals surface area contributed by atoms with Crippen LogP contribution in [0.4, 0.5) is 5.69 Å². The average Bonchev–Trinajstić information content (AvgIpc) is 2.52. The molecule has 2 aromatic carbocycles. The van der Waals surface area contributed by atoms with Crippen LogP contribution in [0.25, 0.3) is 0 Å². The number of carbonyl (C=O) groups is 1. The summed E-state index contributed by atoms with van der Waals surface area (Å²) in [4.78, 5) is 14.3. The van der Waals surface area contributed by atoms with Crippen LogP contribution in [0.1, 0.15) is 18.9 Å². The van der Waals surface area contributed by atoms with Gasteiger partial charge in [0, 0.05) is 15.7 Å². The number of carbonyl (C=O) groups excluding carboxylic acids is 1. The molecule has 23 heavy (non-hydrogen) atoms. The van der Waals surface area contributed by atoms with E-state index < -0.39 is 0 Å². The van der Waals surface area contributed by atoms with Crippen LogP contribution in [0.5, 0.6) is 5.75 Å². The van der Waals surface area contributed by atoms with Gasteiger partial charge in [0.25, 0.3) is 0 Å². The molecular weight excluding hydrogens is 403 g/mol. The number of benzene rings is 2. The summed E-state index contributed by atoms with van der Waals surface area (Å²) in [6, 6.07) is 15.0. The van der Waals surface area contributed by atoms with E-state index >= 15 is 0 Å². The number of hydrogen-bond donors (Lipinski definition) is 2. The van der Waals surface area contributed by atoms with Gasteiger partial charge in [-0.3, -0.25) is 9.69 Å². The number of nitrogens with one attached hydrogen (secondary N) is 1. The molecule has 0 bridgehead atoms. The highest BCUT2D eigenvalue weighted by atomic mass is 127. The molecule has 2 N–H and O–H groups in total. The molecule has 0 aliphatic rings. The zero-order valence-corrected chi connectivity index (χ0v) is 15.3. The van der Waals surface area contributed by atoms with Gasteiger partial charge in [-0.15, -0.1) is 0 Å². The fraction of sp³-hybridized carbons (Fsp3) is 0.278. The zero-order chi connectivity index (χ0) is 16.7. The summed E-state index contributed by atoms with van der Waals surface area (Å²) in [6.07, 6.45) is 0.948. The first kappa shape index (κ1) is 17.7. The Morgan fingerprint density at radius 3 is 2.57 bits per heavy atom. The average molecular weight is 424 g/mol. The van der Waals surface area contributed by atoms with E-state index in [-0.39, 0.29) is 11.7 Å². The van der Waals surface area contributed by atoms with Gasteiger partial charge < -0.3 is 10.4 Å². The van der Waals surface area contributed by atoms with E-state index in [4.69, 9.17) is 0 Å². The fourth-order valence-corrected chi connectivity index (χ4v) is 2.89. The Morgan fingerprint density at radius 1 is 1.17 bits per heavy atom. The van der Waals surface area contributed by atoms with Gasteiger partial charge in [-0.25, -0.2) is 0 Å². The van der Waals surface area contributed by atoms with Crippen LogP contribution >= 0.6 is 22.6 Å². The highest BCUT2D eigenvalue weighted by Crippen LogP contribution is 2.19. The number of nitrogens with zero attached hydrogens (tertiary/aromatic N) is 1. The van der Waals surface area contributed by atoms with E-state index in [0.717, 1.165) is 27.8 Å². The van der Waals surface area contributed by atoms with E-state index in [9.17, 15) is 9.90 Å². The van der Waals surface area contributed by atoms with E-state index in [1.165, 1.54) is 0 Å².